The highest BCUT2D eigenvalue weighted by atomic mass is 32.2. The number of nitrogens with one attached hydrogen (secondary N) is 3. The maximum absolute atomic E-state index is 13.4. The van der Waals surface area contributed by atoms with E-state index in [0.717, 1.165) is 54.9 Å². The third kappa shape index (κ3) is 10.5. The smallest absolute Gasteiger partial charge is 0.406 e. The Hall–Kier alpha value is -3.07. The molecule has 3 N–H and O–H groups in total. The summed E-state index contributed by atoms with van der Waals surface area (Å²) in [7, 11) is 0. The first-order chi connectivity index (χ1) is 22.8. The zero-order valence-electron chi connectivity index (χ0n) is 27.7. The van der Waals surface area contributed by atoms with Crippen molar-refractivity contribution in [3.05, 3.63) is 48.2 Å². The molecule has 0 radical (unpaired) electrons. The molecule has 2 saturated heterocycles. The maximum atomic E-state index is 13.4. The molecule has 3 fully saturated rings. The van der Waals surface area contributed by atoms with Crippen LogP contribution in [0.3, 0.4) is 0 Å². The van der Waals surface area contributed by atoms with E-state index in [-0.39, 0.29) is 6.54 Å². The Morgan fingerprint density at radius 1 is 1.04 bits per heavy atom. The Kier molecular flexibility index (Phi) is 14.0. The van der Waals surface area contributed by atoms with E-state index >= 15 is 0 Å². The van der Waals surface area contributed by atoms with Gasteiger partial charge in [0, 0.05) is 27.4 Å². The standard InChI is InChI=1S/C27H29F4N3OS.C7H13NO.C2H6/c1-36-21-12-13-24(26(16-21)35-18-28)32-14-6-9-20-15-22-23(33-19-7-3-2-4-8-19)10-5-11-25(22)34(20)17-27(29,30)31;1-3-8-4-2-7(1)5-9-6-7;1-2/h5,10-13,15-16,19,32-33H,2-4,7-8,14,17-18H2,1H3;8H,1-6H2;1-2H3. The van der Waals surface area contributed by atoms with Crippen molar-refractivity contribution in [2.45, 2.75) is 82.5 Å². The van der Waals surface area contributed by atoms with Crippen LogP contribution in [0, 0.1) is 17.3 Å². The van der Waals surface area contributed by atoms with Crippen molar-refractivity contribution < 1.29 is 27.0 Å². The van der Waals surface area contributed by atoms with E-state index in [0.29, 0.717) is 34.1 Å². The van der Waals surface area contributed by atoms with Gasteiger partial charge in [-0.1, -0.05) is 45.1 Å². The molecule has 1 aromatic heterocycles. The Morgan fingerprint density at radius 2 is 1.79 bits per heavy atom. The van der Waals surface area contributed by atoms with Crippen LogP contribution in [0.25, 0.3) is 10.9 Å². The second-order valence-corrected chi connectivity index (χ2v) is 12.8. The Balaban J connectivity index is 0.000000383. The van der Waals surface area contributed by atoms with Crippen LogP contribution in [0.15, 0.2) is 47.4 Å². The molecule has 1 spiro atoms. The molecule has 3 aliphatic rings. The van der Waals surface area contributed by atoms with Crippen molar-refractivity contribution in [3.63, 3.8) is 0 Å². The van der Waals surface area contributed by atoms with Crippen LogP contribution in [0.2, 0.25) is 0 Å². The number of benzene rings is 2. The first-order valence-electron chi connectivity index (χ1n) is 16.6. The Bertz CT molecular complexity index is 1470. The number of halogens is 4. The highest BCUT2D eigenvalue weighted by molar-refractivity contribution is 7.98. The van der Waals surface area contributed by atoms with Gasteiger partial charge in [0.15, 0.2) is 0 Å². The van der Waals surface area contributed by atoms with Crippen molar-refractivity contribution in [2.75, 3.05) is 56.6 Å². The number of rotatable bonds is 8. The number of alkyl halides is 4. The molecule has 1 aliphatic carbocycles. The summed E-state index contributed by atoms with van der Waals surface area (Å²) in [5.41, 5.74) is 2.81. The minimum atomic E-state index is -4.38. The number of aromatic nitrogens is 1. The SMILES string of the molecule is C1CC2(CCN1)COC2.CC.CSc1ccc(NCC#Cc2cc3c(NC4CCCCC4)cccc3n2CC(F)(F)F)c(OCF)c1. The van der Waals surface area contributed by atoms with Gasteiger partial charge in [-0.15, -0.1) is 11.8 Å². The number of anilines is 2. The molecule has 1 saturated carbocycles. The van der Waals surface area contributed by atoms with E-state index < -0.39 is 19.6 Å². The zero-order valence-corrected chi connectivity index (χ0v) is 28.5. The molecule has 258 valence electrons. The van der Waals surface area contributed by atoms with Crippen molar-refractivity contribution in [3.8, 4) is 17.6 Å². The molecule has 11 heteroatoms. The van der Waals surface area contributed by atoms with Crippen LogP contribution in [-0.4, -0.2) is 62.7 Å². The van der Waals surface area contributed by atoms with Gasteiger partial charge in [0.25, 0.3) is 0 Å². The van der Waals surface area contributed by atoms with Crippen LogP contribution in [0.5, 0.6) is 5.75 Å². The third-order valence-corrected chi connectivity index (χ3v) is 9.44. The quantitative estimate of drug-likeness (QED) is 0.126. The van der Waals surface area contributed by atoms with Crippen LogP contribution in [0.4, 0.5) is 28.9 Å². The van der Waals surface area contributed by atoms with E-state index in [4.69, 9.17) is 9.47 Å². The summed E-state index contributed by atoms with van der Waals surface area (Å²) in [5, 5.41) is 10.7. The fourth-order valence-corrected chi connectivity index (χ4v) is 6.62. The summed E-state index contributed by atoms with van der Waals surface area (Å²) in [5.74, 6) is 6.17. The van der Waals surface area contributed by atoms with Crippen molar-refractivity contribution >= 4 is 34.0 Å². The van der Waals surface area contributed by atoms with E-state index in [1.807, 2.05) is 32.2 Å². The van der Waals surface area contributed by atoms with Crippen molar-refractivity contribution in [1.29, 1.82) is 0 Å². The van der Waals surface area contributed by atoms with E-state index in [2.05, 4.69) is 27.8 Å². The fraction of sp³-hybridized carbons (Fsp3) is 0.556. The van der Waals surface area contributed by atoms with Crippen LogP contribution in [0.1, 0.15) is 64.5 Å². The Labute approximate surface area is 280 Å². The number of hydrogen-bond acceptors (Lipinski definition) is 6. The second-order valence-electron chi connectivity index (χ2n) is 12.0. The van der Waals surface area contributed by atoms with Crippen LogP contribution < -0.4 is 20.7 Å². The number of hydrogen-bond donors (Lipinski definition) is 3. The molecule has 47 heavy (non-hydrogen) atoms. The van der Waals surface area contributed by atoms with E-state index in [9.17, 15) is 17.6 Å². The average Bonchev–Trinajstić information content (AvgIpc) is 3.41. The van der Waals surface area contributed by atoms with Crippen LogP contribution in [-0.2, 0) is 11.3 Å². The molecule has 6 nitrogen and oxygen atoms in total. The van der Waals surface area contributed by atoms with Gasteiger partial charge >= 0.3 is 6.18 Å². The average molecular weight is 677 g/mol. The van der Waals surface area contributed by atoms with Gasteiger partial charge in [-0.2, -0.15) is 13.2 Å². The van der Waals surface area contributed by atoms with Gasteiger partial charge in [0.1, 0.15) is 12.3 Å². The van der Waals surface area contributed by atoms with Gasteiger partial charge in [-0.25, -0.2) is 4.39 Å². The lowest BCUT2D eigenvalue weighted by molar-refractivity contribution is -0.140. The number of thioether (sulfide) groups is 1. The number of nitrogens with zero attached hydrogens (tertiary/aromatic N) is 1. The van der Waals surface area contributed by atoms with Gasteiger partial charge in [-0.3, -0.25) is 0 Å². The fourth-order valence-electron chi connectivity index (χ4n) is 6.19. The molecule has 2 aromatic carbocycles. The normalized spacial score (nSPS) is 17.3. The van der Waals surface area contributed by atoms with Crippen molar-refractivity contribution in [2.24, 2.45) is 5.41 Å². The lowest BCUT2D eigenvalue weighted by atomic mass is 9.77. The largest absolute Gasteiger partial charge is 0.461 e. The number of ether oxygens (including phenoxy) is 2. The molecule has 0 unspecified atom stereocenters. The molecule has 0 amide bonds. The molecule has 2 aliphatic heterocycles. The molecular formula is C36H48F4N4O2S. The summed E-state index contributed by atoms with van der Waals surface area (Å²) in [6, 6.07) is 12.8. The summed E-state index contributed by atoms with van der Waals surface area (Å²) in [6.07, 6.45) is 5.83. The second kappa shape index (κ2) is 17.9. The molecule has 0 atom stereocenters. The molecule has 3 heterocycles. The van der Waals surface area contributed by atoms with Gasteiger partial charge in [0.05, 0.1) is 36.7 Å². The topological polar surface area (TPSA) is 59.5 Å². The summed E-state index contributed by atoms with van der Waals surface area (Å²) >= 11 is 1.51. The first-order valence-corrected chi connectivity index (χ1v) is 17.9. The third-order valence-electron chi connectivity index (χ3n) is 8.71. The minimum absolute atomic E-state index is 0.155. The highest BCUT2D eigenvalue weighted by Crippen LogP contribution is 2.36. The summed E-state index contributed by atoms with van der Waals surface area (Å²) in [4.78, 5) is 0.921. The van der Waals surface area contributed by atoms with Gasteiger partial charge in [-0.05, 0) is 87.3 Å². The Morgan fingerprint density at radius 3 is 2.40 bits per heavy atom. The zero-order chi connectivity index (χ0) is 33.7. The maximum Gasteiger partial charge on any atom is 0.406 e. The number of fused-ring (bicyclic) bond motifs is 1. The van der Waals surface area contributed by atoms with Crippen molar-refractivity contribution in [1.82, 2.24) is 9.88 Å². The first kappa shape index (κ1) is 36.8. The predicted molar refractivity (Wildman–Crippen MR) is 185 cm³/mol. The monoisotopic (exact) mass is 676 g/mol. The molecular weight excluding hydrogens is 628 g/mol. The predicted octanol–water partition coefficient (Wildman–Crippen LogP) is 8.85. The molecule has 0 bridgehead atoms. The van der Waals surface area contributed by atoms with Gasteiger partial charge < -0.3 is 30.0 Å². The number of piperidine rings is 1. The van der Waals surface area contributed by atoms with Gasteiger partial charge in [0.2, 0.25) is 6.86 Å². The highest BCUT2D eigenvalue weighted by Gasteiger charge is 2.39. The molecule has 6 rings (SSSR count). The van der Waals surface area contributed by atoms with E-state index in [1.54, 1.807) is 30.3 Å². The molecule has 3 aromatic rings. The summed E-state index contributed by atoms with van der Waals surface area (Å²) in [6.45, 7) is 6.51. The minimum Gasteiger partial charge on any atom is -0.461 e. The van der Waals surface area contributed by atoms with E-state index in [1.165, 1.54) is 48.7 Å². The lowest BCUT2D eigenvalue weighted by Gasteiger charge is -2.44. The summed E-state index contributed by atoms with van der Waals surface area (Å²) < 4.78 is 64.6. The lowest BCUT2D eigenvalue weighted by Crippen LogP contribution is -2.49. The van der Waals surface area contributed by atoms with Crippen LogP contribution >= 0.6 is 11.8 Å².